The largest absolute Gasteiger partial charge is 0.378 e. The van der Waals surface area contributed by atoms with Gasteiger partial charge in [0.25, 0.3) is 5.56 Å². The van der Waals surface area contributed by atoms with Gasteiger partial charge in [-0.05, 0) is 23.3 Å². The Labute approximate surface area is 196 Å². The molecular weight excluding hydrogens is 434 g/mol. The Bertz CT molecular complexity index is 1340. The van der Waals surface area contributed by atoms with Gasteiger partial charge in [0.1, 0.15) is 5.82 Å². The molecule has 0 saturated heterocycles. The molecule has 2 heterocycles. The maximum atomic E-state index is 12.9. The first kappa shape index (κ1) is 23.0. The smallest absolute Gasteiger partial charge is 0.332 e. The first-order valence-electron chi connectivity index (χ1n) is 11.0. The second-order valence-corrected chi connectivity index (χ2v) is 8.56. The standard InChI is InChI=1S/C25H27N5O4/c1-28(2)18-11-9-16(10-12-18)14-26-20(31)13-19-21-22(27-23(19)32)30(25(34)29(3)24(21)33)15-17-7-5-4-6-8-17/h4-12,19H,13-15H2,1-3H3,(H,26,31)(H,27,32). The molecule has 1 atom stereocenters. The molecule has 1 aromatic heterocycles. The number of nitrogens with zero attached hydrogens (tertiary/aromatic N) is 3. The number of carbonyl (C=O) groups is 2. The molecule has 0 bridgehead atoms. The second kappa shape index (κ2) is 9.38. The number of carbonyl (C=O) groups excluding carboxylic acids is 2. The summed E-state index contributed by atoms with van der Waals surface area (Å²) in [6.07, 6.45) is -0.187. The van der Waals surface area contributed by atoms with Crippen molar-refractivity contribution in [3.63, 3.8) is 0 Å². The van der Waals surface area contributed by atoms with Crippen LogP contribution in [0.3, 0.4) is 0 Å². The Balaban J connectivity index is 1.55. The van der Waals surface area contributed by atoms with Crippen molar-refractivity contribution in [1.29, 1.82) is 0 Å². The molecule has 0 saturated carbocycles. The number of nitrogens with one attached hydrogen (secondary N) is 2. The lowest BCUT2D eigenvalue weighted by Gasteiger charge is -2.14. The van der Waals surface area contributed by atoms with E-state index in [2.05, 4.69) is 10.6 Å². The summed E-state index contributed by atoms with van der Waals surface area (Å²) in [7, 11) is 5.28. The van der Waals surface area contributed by atoms with E-state index in [0.717, 1.165) is 21.4 Å². The predicted octanol–water partition coefficient (Wildman–Crippen LogP) is 1.40. The van der Waals surface area contributed by atoms with E-state index in [1.807, 2.05) is 73.6 Å². The summed E-state index contributed by atoms with van der Waals surface area (Å²) in [6, 6.07) is 17.0. The van der Waals surface area contributed by atoms with Gasteiger partial charge in [-0.2, -0.15) is 0 Å². The van der Waals surface area contributed by atoms with Crippen LogP contribution in [0.2, 0.25) is 0 Å². The molecule has 4 rings (SSSR count). The van der Waals surface area contributed by atoms with Gasteiger partial charge in [-0.3, -0.25) is 23.5 Å². The van der Waals surface area contributed by atoms with E-state index in [1.54, 1.807) is 0 Å². The normalized spacial score (nSPS) is 14.4. The number of aromatic nitrogens is 2. The molecule has 176 valence electrons. The van der Waals surface area contributed by atoms with Crippen LogP contribution in [0.25, 0.3) is 0 Å². The van der Waals surface area contributed by atoms with Crippen LogP contribution in [0.4, 0.5) is 11.5 Å². The van der Waals surface area contributed by atoms with Gasteiger partial charge in [0.15, 0.2) is 0 Å². The molecule has 9 heteroatoms. The minimum absolute atomic E-state index is 0.147. The summed E-state index contributed by atoms with van der Waals surface area (Å²) in [6.45, 7) is 0.498. The second-order valence-electron chi connectivity index (χ2n) is 8.56. The monoisotopic (exact) mass is 461 g/mol. The van der Waals surface area contributed by atoms with Crippen LogP contribution in [-0.2, 0) is 29.7 Å². The molecule has 34 heavy (non-hydrogen) atoms. The highest BCUT2D eigenvalue weighted by atomic mass is 16.2. The van der Waals surface area contributed by atoms with E-state index >= 15 is 0 Å². The summed E-state index contributed by atoms with van der Waals surface area (Å²) in [5.74, 6) is -1.62. The van der Waals surface area contributed by atoms with Crippen molar-refractivity contribution in [3.8, 4) is 0 Å². The van der Waals surface area contributed by atoms with E-state index in [0.29, 0.717) is 6.54 Å². The minimum Gasteiger partial charge on any atom is -0.378 e. The summed E-state index contributed by atoms with van der Waals surface area (Å²) < 4.78 is 2.35. The van der Waals surface area contributed by atoms with Gasteiger partial charge in [0.2, 0.25) is 11.8 Å². The number of amides is 2. The van der Waals surface area contributed by atoms with E-state index in [4.69, 9.17) is 0 Å². The molecule has 1 aliphatic rings. The van der Waals surface area contributed by atoms with Crippen molar-refractivity contribution >= 4 is 23.3 Å². The van der Waals surface area contributed by atoms with Crippen molar-refractivity contribution < 1.29 is 9.59 Å². The molecular formula is C25H27N5O4. The number of rotatable bonds is 7. The molecule has 3 aromatic rings. The van der Waals surface area contributed by atoms with Gasteiger partial charge in [-0.15, -0.1) is 0 Å². The number of benzene rings is 2. The molecule has 0 radical (unpaired) electrons. The molecule has 1 aliphatic heterocycles. The number of hydrogen-bond donors (Lipinski definition) is 2. The molecule has 9 nitrogen and oxygen atoms in total. The maximum absolute atomic E-state index is 12.9. The van der Waals surface area contributed by atoms with E-state index in [1.165, 1.54) is 11.6 Å². The van der Waals surface area contributed by atoms with Crippen molar-refractivity contribution in [3.05, 3.63) is 92.1 Å². The van der Waals surface area contributed by atoms with E-state index in [9.17, 15) is 19.2 Å². The lowest BCUT2D eigenvalue weighted by molar-refractivity contribution is -0.125. The third-order valence-electron chi connectivity index (χ3n) is 6.00. The molecule has 2 N–H and O–H groups in total. The fourth-order valence-electron chi connectivity index (χ4n) is 4.05. The van der Waals surface area contributed by atoms with Crippen LogP contribution in [0.5, 0.6) is 0 Å². The number of fused-ring (bicyclic) bond motifs is 1. The van der Waals surface area contributed by atoms with Crippen molar-refractivity contribution in [2.75, 3.05) is 24.3 Å². The highest BCUT2D eigenvalue weighted by molar-refractivity contribution is 6.04. The van der Waals surface area contributed by atoms with Gasteiger partial charge < -0.3 is 15.5 Å². The zero-order valence-corrected chi connectivity index (χ0v) is 19.4. The Morgan fingerprint density at radius 3 is 2.32 bits per heavy atom. The van der Waals surface area contributed by atoms with Crippen LogP contribution in [0.15, 0.2) is 64.2 Å². The van der Waals surface area contributed by atoms with Crippen LogP contribution in [0, 0.1) is 0 Å². The van der Waals surface area contributed by atoms with E-state index in [-0.39, 0.29) is 30.3 Å². The Morgan fingerprint density at radius 1 is 1.00 bits per heavy atom. The average Bonchev–Trinajstić information content (AvgIpc) is 3.15. The first-order valence-corrected chi connectivity index (χ1v) is 11.0. The molecule has 0 aliphatic carbocycles. The molecule has 1 unspecified atom stereocenters. The molecule has 0 spiro atoms. The predicted molar refractivity (Wildman–Crippen MR) is 130 cm³/mol. The van der Waals surface area contributed by atoms with Gasteiger partial charge >= 0.3 is 5.69 Å². The zero-order valence-electron chi connectivity index (χ0n) is 19.4. The average molecular weight is 462 g/mol. The number of anilines is 2. The zero-order chi connectivity index (χ0) is 24.4. The van der Waals surface area contributed by atoms with Gasteiger partial charge in [0.05, 0.1) is 18.0 Å². The maximum Gasteiger partial charge on any atom is 0.332 e. The molecule has 2 amide bonds. The fourth-order valence-corrected chi connectivity index (χ4v) is 4.05. The first-order chi connectivity index (χ1) is 16.3. The topological polar surface area (TPSA) is 105 Å². The summed E-state index contributed by atoms with van der Waals surface area (Å²) >= 11 is 0. The Kier molecular flexibility index (Phi) is 6.36. The Hall–Kier alpha value is -4.14. The van der Waals surface area contributed by atoms with Crippen molar-refractivity contribution in [2.24, 2.45) is 7.05 Å². The van der Waals surface area contributed by atoms with Crippen LogP contribution >= 0.6 is 0 Å². The summed E-state index contributed by atoms with van der Waals surface area (Å²) in [5, 5.41) is 5.48. The van der Waals surface area contributed by atoms with Crippen LogP contribution in [0.1, 0.15) is 29.0 Å². The molecule has 0 fully saturated rings. The minimum atomic E-state index is -0.965. The van der Waals surface area contributed by atoms with Crippen molar-refractivity contribution in [1.82, 2.24) is 14.5 Å². The SMILES string of the molecule is CN(C)c1ccc(CNC(=O)CC2C(=O)Nc3c2c(=O)n(C)c(=O)n3Cc2ccccc2)cc1. The van der Waals surface area contributed by atoms with Gasteiger partial charge in [-0.1, -0.05) is 42.5 Å². The van der Waals surface area contributed by atoms with Crippen LogP contribution in [-0.4, -0.2) is 35.0 Å². The highest BCUT2D eigenvalue weighted by Crippen LogP contribution is 2.31. The lowest BCUT2D eigenvalue weighted by atomic mass is 9.99. The third kappa shape index (κ3) is 4.50. The third-order valence-corrected chi connectivity index (χ3v) is 6.00. The van der Waals surface area contributed by atoms with Gasteiger partial charge in [-0.25, -0.2) is 4.79 Å². The lowest BCUT2D eigenvalue weighted by Crippen LogP contribution is -2.40. The highest BCUT2D eigenvalue weighted by Gasteiger charge is 2.38. The Morgan fingerprint density at radius 2 is 1.68 bits per heavy atom. The quantitative estimate of drug-likeness (QED) is 0.554. The number of hydrogen-bond acceptors (Lipinski definition) is 5. The fraction of sp³-hybridized carbons (Fsp3) is 0.280. The molecule has 2 aromatic carbocycles. The summed E-state index contributed by atoms with van der Waals surface area (Å²) in [4.78, 5) is 53.1. The van der Waals surface area contributed by atoms with E-state index < -0.39 is 23.1 Å². The van der Waals surface area contributed by atoms with Crippen LogP contribution < -0.4 is 26.8 Å². The van der Waals surface area contributed by atoms with Gasteiger partial charge in [0, 0.05) is 39.8 Å². The van der Waals surface area contributed by atoms with Crippen molar-refractivity contribution in [2.45, 2.75) is 25.4 Å². The summed E-state index contributed by atoms with van der Waals surface area (Å²) in [5.41, 5.74) is 1.86.